The number of primary amides is 1. The second-order valence-electron chi connectivity index (χ2n) is 9.75. The molecule has 3 aromatic rings. The Bertz CT molecular complexity index is 1230. The fraction of sp³-hybridized carbons (Fsp3) is 0.357. The molecule has 2 amide bonds. The number of hydrogen-bond donors (Lipinski definition) is 4. The number of amides is 2. The predicted molar refractivity (Wildman–Crippen MR) is 146 cm³/mol. The van der Waals surface area contributed by atoms with Gasteiger partial charge in [0.1, 0.15) is 10.6 Å². The third-order valence-corrected chi connectivity index (χ3v) is 7.24. The highest BCUT2D eigenvalue weighted by Gasteiger charge is 2.28. The standard InChI is InChI=1S/C16H20N2O.C12H15N3OS/c1-2-5-10-11-6-3-8-13(11)15(18-16(17)19)14-9-4-7-12(10)14;1-12(2,16)10-8-11(17-13)14-15(10)9-6-4-3-5-7-9/h2H,1,3-9H2,(H3,17,18,19);3-8,16H,13H2,1-2H3. The minimum atomic E-state index is -0.961. The maximum absolute atomic E-state index is 11.3. The van der Waals surface area contributed by atoms with Gasteiger partial charge in [0.2, 0.25) is 0 Å². The Morgan fingerprint density at radius 2 is 1.72 bits per heavy atom. The van der Waals surface area contributed by atoms with Gasteiger partial charge in [-0.05, 0) is 117 Å². The number of fused-ring (bicyclic) bond motifs is 2. The summed E-state index contributed by atoms with van der Waals surface area (Å²) in [6.45, 7) is 7.35. The van der Waals surface area contributed by atoms with Crippen LogP contribution < -0.4 is 16.2 Å². The van der Waals surface area contributed by atoms with E-state index in [1.165, 1.54) is 40.7 Å². The van der Waals surface area contributed by atoms with Gasteiger partial charge in [-0.1, -0.05) is 24.3 Å². The quantitative estimate of drug-likeness (QED) is 0.279. The first-order valence-electron chi connectivity index (χ1n) is 12.3. The van der Waals surface area contributed by atoms with Crippen molar-refractivity contribution < 1.29 is 9.90 Å². The zero-order valence-corrected chi connectivity index (χ0v) is 21.8. The van der Waals surface area contributed by atoms with E-state index in [4.69, 9.17) is 10.9 Å². The van der Waals surface area contributed by atoms with E-state index in [2.05, 4.69) is 17.0 Å². The average Bonchev–Trinajstić information content (AvgIpc) is 3.61. The lowest BCUT2D eigenvalue weighted by atomic mass is 9.90. The first-order chi connectivity index (χ1) is 17.2. The fourth-order valence-electron chi connectivity index (χ4n) is 5.35. The number of carbonyl (C=O) groups excluding carboxylic acids is 1. The molecule has 5 rings (SSSR count). The molecule has 0 saturated carbocycles. The van der Waals surface area contributed by atoms with Crippen LogP contribution in [0.1, 0.15) is 60.2 Å². The van der Waals surface area contributed by atoms with Gasteiger partial charge in [-0.25, -0.2) is 9.48 Å². The molecule has 7 nitrogen and oxygen atoms in total. The molecule has 0 spiro atoms. The van der Waals surface area contributed by atoms with Crippen LogP contribution in [0.2, 0.25) is 0 Å². The van der Waals surface area contributed by atoms with E-state index in [9.17, 15) is 9.90 Å². The Kier molecular flexibility index (Phi) is 7.88. The Morgan fingerprint density at radius 1 is 1.14 bits per heavy atom. The topological polar surface area (TPSA) is 119 Å². The Balaban J connectivity index is 0.000000170. The maximum atomic E-state index is 11.3. The van der Waals surface area contributed by atoms with Crippen LogP contribution in [-0.4, -0.2) is 20.9 Å². The van der Waals surface area contributed by atoms with Crippen molar-refractivity contribution in [2.75, 3.05) is 5.32 Å². The SMILES string of the molecule is C=CCc1c2c(c(NC(N)=O)c3c1CCC3)CCC2.CC(C)(O)c1cc(SN)nn1-c1ccccc1. The van der Waals surface area contributed by atoms with E-state index in [-0.39, 0.29) is 0 Å². The number of allylic oxidation sites excluding steroid dienone is 1. The highest BCUT2D eigenvalue weighted by Crippen LogP contribution is 2.42. The molecule has 1 aromatic heterocycles. The second kappa shape index (κ2) is 10.9. The number of aliphatic hydroxyl groups is 1. The van der Waals surface area contributed by atoms with Crippen LogP contribution in [0.5, 0.6) is 0 Å². The molecule has 190 valence electrons. The zero-order chi connectivity index (χ0) is 25.9. The third kappa shape index (κ3) is 5.36. The molecular weight excluding hydrogens is 470 g/mol. The summed E-state index contributed by atoms with van der Waals surface area (Å²) < 4.78 is 1.72. The molecule has 8 heteroatoms. The first-order valence-corrected chi connectivity index (χ1v) is 13.2. The van der Waals surface area contributed by atoms with Gasteiger partial charge in [0.05, 0.1) is 11.4 Å². The lowest BCUT2D eigenvalue weighted by Crippen LogP contribution is -2.22. The van der Waals surface area contributed by atoms with Crippen molar-refractivity contribution >= 4 is 23.7 Å². The molecule has 2 aliphatic carbocycles. The van der Waals surface area contributed by atoms with E-state index >= 15 is 0 Å². The lowest BCUT2D eigenvalue weighted by molar-refractivity contribution is 0.0711. The van der Waals surface area contributed by atoms with E-state index in [1.54, 1.807) is 24.6 Å². The molecule has 36 heavy (non-hydrogen) atoms. The van der Waals surface area contributed by atoms with Crippen LogP contribution in [0, 0.1) is 0 Å². The number of nitrogens with one attached hydrogen (secondary N) is 1. The fourth-order valence-corrected chi connectivity index (χ4v) is 5.66. The van der Waals surface area contributed by atoms with Crippen LogP contribution in [0.4, 0.5) is 10.5 Å². The summed E-state index contributed by atoms with van der Waals surface area (Å²) in [4.78, 5) is 11.3. The number of aromatic nitrogens is 2. The maximum Gasteiger partial charge on any atom is 0.316 e. The number of anilines is 1. The smallest absolute Gasteiger partial charge is 0.316 e. The molecule has 0 atom stereocenters. The van der Waals surface area contributed by atoms with Crippen molar-refractivity contribution in [3.8, 4) is 5.69 Å². The van der Waals surface area contributed by atoms with Crippen molar-refractivity contribution in [3.63, 3.8) is 0 Å². The number of hydrogen-bond acceptors (Lipinski definition) is 5. The predicted octanol–water partition coefficient (Wildman–Crippen LogP) is 4.95. The lowest BCUT2D eigenvalue weighted by Gasteiger charge is -2.19. The molecule has 0 aliphatic heterocycles. The molecule has 0 fully saturated rings. The van der Waals surface area contributed by atoms with Gasteiger partial charge in [0, 0.05) is 5.69 Å². The van der Waals surface area contributed by atoms with Gasteiger partial charge in [-0.3, -0.25) is 5.14 Å². The van der Waals surface area contributed by atoms with Gasteiger partial charge in [-0.15, -0.1) is 6.58 Å². The molecule has 0 unspecified atom stereocenters. The van der Waals surface area contributed by atoms with Crippen molar-refractivity contribution in [2.45, 2.75) is 69.4 Å². The number of urea groups is 1. The Labute approximate surface area is 217 Å². The number of rotatable bonds is 6. The van der Waals surface area contributed by atoms with Gasteiger partial charge < -0.3 is 16.2 Å². The minimum absolute atomic E-state index is 0.445. The Morgan fingerprint density at radius 3 is 2.22 bits per heavy atom. The van der Waals surface area contributed by atoms with Gasteiger partial charge in [0.15, 0.2) is 0 Å². The monoisotopic (exact) mass is 505 g/mol. The number of benzene rings is 2. The van der Waals surface area contributed by atoms with Crippen LogP contribution in [0.25, 0.3) is 5.69 Å². The molecular formula is C28H35N5O2S. The second-order valence-corrected chi connectivity index (χ2v) is 10.4. The van der Waals surface area contributed by atoms with Crippen molar-refractivity contribution in [2.24, 2.45) is 10.9 Å². The van der Waals surface area contributed by atoms with E-state index < -0.39 is 11.6 Å². The highest BCUT2D eigenvalue weighted by atomic mass is 32.2. The molecule has 0 bridgehead atoms. The number of nitrogens with two attached hydrogens (primary N) is 2. The number of para-hydroxylation sites is 1. The number of carbonyl (C=O) groups is 1. The summed E-state index contributed by atoms with van der Waals surface area (Å²) in [5, 5.41) is 23.6. The first kappa shape index (κ1) is 26.0. The van der Waals surface area contributed by atoms with Crippen LogP contribution >= 0.6 is 11.9 Å². The van der Waals surface area contributed by atoms with Gasteiger partial charge in [0.25, 0.3) is 0 Å². The van der Waals surface area contributed by atoms with Crippen molar-refractivity contribution in [3.05, 3.63) is 82.6 Å². The Hall–Kier alpha value is -3.07. The van der Waals surface area contributed by atoms with Crippen LogP contribution in [0.3, 0.4) is 0 Å². The average molecular weight is 506 g/mol. The summed E-state index contributed by atoms with van der Waals surface area (Å²) in [5.74, 6) is 0. The largest absolute Gasteiger partial charge is 0.384 e. The van der Waals surface area contributed by atoms with Crippen molar-refractivity contribution in [1.29, 1.82) is 0 Å². The molecule has 1 heterocycles. The van der Waals surface area contributed by atoms with Crippen LogP contribution in [0.15, 0.2) is 54.1 Å². The zero-order valence-electron chi connectivity index (χ0n) is 21.0. The number of nitrogens with zero attached hydrogens (tertiary/aromatic N) is 2. The van der Waals surface area contributed by atoms with E-state index in [0.29, 0.717) is 5.03 Å². The minimum Gasteiger partial charge on any atom is -0.384 e. The third-order valence-electron chi connectivity index (χ3n) is 6.80. The summed E-state index contributed by atoms with van der Waals surface area (Å²) in [7, 11) is 0. The summed E-state index contributed by atoms with van der Waals surface area (Å²) >= 11 is 1.07. The van der Waals surface area contributed by atoms with Crippen molar-refractivity contribution in [1.82, 2.24) is 9.78 Å². The van der Waals surface area contributed by atoms with Crippen LogP contribution in [-0.2, 0) is 37.7 Å². The van der Waals surface area contributed by atoms with Gasteiger partial charge in [-0.2, -0.15) is 5.10 Å². The summed E-state index contributed by atoms with van der Waals surface area (Å²) in [5.41, 5.74) is 14.1. The molecule has 2 aromatic carbocycles. The van der Waals surface area contributed by atoms with E-state index in [0.717, 1.165) is 61.1 Å². The van der Waals surface area contributed by atoms with Gasteiger partial charge >= 0.3 is 6.03 Å². The normalized spacial score (nSPS) is 14.0. The molecule has 6 N–H and O–H groups in total. The summed E-state index contributed by atoms with van der Waals surface area (Å²) in [6, 6.07) is 11.0. The summed E-state index contributed by atoms with van der Waals surface area (Å²) in [6.07, 6.45) is 9.66. The van der Waals surface area contributed by atoms with E-state index in [1.807, 2.05) is 36.4 Å². The highest BCUT2D eigenvalue weighted by molar-refractivity contribution is 7.97. The molecule has 2 aliphatic rings. The molecule has 0 radical (unpaired) electrons. The molecule has 0 saturated heterocycles.